The van der Waals surface area contributed by atoms with Crippen LogP contribution in [0.5, 0.6) is 11.5 Å². The molecule has 0 spiro atoms. The highest BCUT2D eigenvalue weighted by Crippen LogP contribution is 2.45. The normalized spacial score (nSPS) is 21.5. The Morgan fingerprint density at radius 1 is 1.24 bits per heavy atom. The summed E-state index contributed by atoms with van der Waals surface area (Å²) in [6, 6.07) is 14.5. The van der Waals surface area contributed by atoms with Crippen molar-refractivity contribution in [3.63, 3.8) is 0 Å². The van der Waals surface area contributed by atoms with Crippen molar-refractivity contribution < 1.29 is 9.47 Å². The van der Waals surface area contributed by atoms with Gasteiger partial charge in [0, 0.05) is 27.9 Å². The van der Waals surface area contributed by atoms with Crippen molar-refractivity contribution in [2.75, 3.05) is 7.11 Å². The molecule has 0 unspecified atom stereocenters. The molecule has 0 saturated carbocycles. The summed E-state index contributed by atoms with van der Waals surface area (Å²) >= 11 is 3.58. The summed E-state index contributed by atoms with van der Waals surface area (Å²) < 4.78 is 12.7. The Labute approximate surface area is 156 Å². The number of hydrazone groups is 1. The Hall–Kier alpha value is -2.01. The van der Waals surface area contributed by atoms with Gasteiger partial charge in [0.05, 0.1) is 18.9 Å². The largest absolute Gasteiger partial charge is 0.497 e. The van der Waals surface area contributed by atoms with Gasteiger partial charge in [0.25, 0.3) is 0 Å². The minimum absolute atomic E-state index is 0.0539. The number of methoxy groups -OCH3 is 1. The van der Waals surface area contributed by atoms with Crippen molar-refractivity contribution in [1.29, 1.82) is 0 Å². The fourth-order valence-corrected chi connectivity index (χ4v) is 3.88. The van der Waals surface area contributed by atoms with Crippen LogP contribution in [-0.4, -0.2) is 24.1 Å². The van der Waals surface area contributed by atoms with E-state index in [9.17, 15) is 0 Å². The van der Waals surface area contributed by atoms with Gasteiger partial charge in [-0.2, -0.15) is 5.10 Å². The van der Waals surface area contributed by atoms with Gasteiger partial charge in [-0.3, -0.25) is 0 Å². The minimum atomic E-state index is -0.0539. The lowest BCUT2D eigenvalue weighted by Crippen LogP contribution is -2.43. The zero-order chi connectivity index (χ0) is 17.6. The number of halogens is 1. The van der Waals surface area contributed by atoms with Crippen molar-refractivity contribution in [2.24, 2.45) is 11.0 Å². The maximum Gasteiger partial charge on any atom is 0.190 e. The van der Waals surface area contributed by atoms with Crippen LogP contribution in [0.3, 0.4) is 0 Å². The van der Waals surface area contributed by atoms with Crippen molar-refractivity contribution in [3.8, 4) is 11.5 Å². The first-order valence-corrected chi connectivity index (χ1v) is 9.32. The molecule has 25 heavy (non-hydrogen) atoms. The van der Waals surface area contributed by atoms with Crippen LogP contribution >= 0.6 is 15.9 Å². The van der Waals surface area contributed by atoms with E-state index < -0.39 is 0 Å². The number of hydrogen-bond acceptors (Lipinski definition) is 4. The fourth-order valence-electron chi connectivity index (χ4n) is 3.50. The highest BCUT2D eigenvalue weighted by molar-refractivity contribution is 9.10. The molecule has 0 aromatic heterocycles. The summed E-state index contributed by atoms with van der Waals surface area (Å²) in [5, 5.41) is 7.07. The number of hydrogen-bond donors (Lipinski definition) is 0. The predicted molar refractivity (Wildman–Crippen MR) is 102 cm³/mol. The first-order chi connectivity index (χ1) is 12.1. The summed E-state index contributed by atoms with van der Waals surface area (Å²) in [4.78, 5) is 0. The Morgan fingerprint density at radius 2 is 2.08 bits per heavy atom. The topological polar surface area (TPSA) is 34.1 Å². The molecule has 0 amide bonds. The van der Waals surface area contributed by atoms with E-state index in [0.29, 0.717) is 5.92 Å². The van der Waals surface area contributed by atoms with E-state index >= 15 is 0 Å². The van der Waals surface area contributed by atoms with Crippen LogP contribution < -0.4 is 9.47 Å². The van der Waals surface area contributed by atoms with E-state index in [1.807, 2.05) is 24.3 Å². The van der Waals surface area contributed by atoms with E-state index in [1.54, 1.807) is 7.11 Å². The van der Waals surface area contributed by atoms with Gasteiger partial charge in [0.1, 0.15) is 11.5 Å². The highest BCUT2D eigenvalue weighted by Gasteiger charge is 2.41. The molecule has 2 aliphatic rings. The van der Waals surface area contributed by atoms with Gasteiger partial charge < -0.3 is 9.47 Å². The molecule has 0 saturated heterocycles. The third-order valence-electron chi connectivity index (χ3n) is 4.75. The SMILES string of the molecule is COc1cccc(C2=NN3[C@@H](C(C)C)Oc4ccc(Br)cc4[C@@H]3C2)c1. The monoisotopic (exact) mass is 400 g/mol. The van der Waals surface area contributed by atoms with Crippen LogP contribution in [0.2, 0.25) is 0 Å². The summed E-state index contributed by atoms with van der Waals surface area (Å²) in [6.07, 6.45) is 0.810. The quantitative estimate of drug-likeness (QED) is 0.727. The second kappa shape index (κ2) is 6.37. The fraction of sp³-hybridized carbons (Fsp3) is 0.350. The molecule has 2 heterocycles. The smallest absolute Gasteiger partial charge is 0.190 e. The van der Waals surface area contributed by atoms with Crippen LogP contribution in [0.25, 0.3) is 0 Å². The number of benzene rings is 2. The molecule has 0 N–H and O–H groups in total. The van der Waals surface area contributed by atoms with E-state index in [0.717, 1.165) is 33.7 Å². The number of nitrogens with zero attached hydrogens (tertiary/aromatic N) is 2. The van der Waals surface area contributed by atoms with Gasteiger partial charge in [0.2, 0.25) is 0 Å². The summed E-state index contributed by atoms with van der Waals surface area (Å²) in [7, 11) is 1.69. The van der Waals surface area contributed by atoms with Gasteiger partial charge in [-0.1, -0.05) is 41.9 Å². The van der Waals surface area contributed by atoms with E-state index in [1.165, 1.54) is 5.56 Å². The molecule has 0 aliphatic carbocycles. The number of rotatable bonds is 3. The Bertz CT molecular complexity index is 834. The van der Waals surface area contributed by atoms with Crippen LogP contribution in [0.15, 0.2) is 52.0 Å². The molecule has 2 aliphatic heterocycles. The third-order valence-corrected chi connectivity index (χ3v) is 5.25. The number of ether oxygens (including phenoxy) is 2. The average molecular weight is 401 g/mol. The van der Waals surface area contributed by atoms with Gasteiger partial charge in [-0.15, -0.1) is 0 Å². The molecular formula is C20H21BrN2O2. The lowest BCUT2D eigenvalue weighted by Gasteiger charge is -2.40. The second-order valence-corrected chi connectivity index (χ2v) is 7.73. The molecule has 5 heteroatoms. The molecule has 0 fully saturated rings. The highest BCUT2D eigenvalue weighted by atomic mass is 79.9. The molecule has 0 radical (unpaired) electrons. The standard InChI is InChI=1S/C20H21BrN2O2/c1-12(2)20-23-18(16-10-14(21)7-8-19(16)25-20)11-17(22-23)13-5-4-6-15(9-13)24-3/h4-10,12,18,20H,11H2,1-3H3/t18-,20+/m0/s1. The molecule has 2 aromatic rings. The van der Waals surface area contributed by atoms with E-state index in [4.69, 9.17) is 14.6 Å². The summed E-state index contributed by atoms with van der Waals surface area (Å²) in [6.45, 7) is 4.34. The first-order valence-electron chi connectivity index (χ1n) is 8.53. The van der Waals surface area contributed by atoms with Gasteiger partial charge in [-0.05, 0) is 30.3 Å². The lowest BCUT2D eigenvalue weighted by molar-refractivity contribution is -0.0461. The van der Waals surface area contributed by atoms with Gasteiger partial charge in [0.15, 0.2) is 6.23 Å². The lowest BCUT2D eigenvalue weighted by atomic mass is 9.95. The molecule has 130 valence electrons. The van der Waals surface area contributed by atoms with Crippen molar-refractivity contribution in [3.05, 3.63) is 58.1 Å². The third kappa shape index (κ3) is 2.91. The molecule has 0 bridgehead atoms. The first kappa shape index (κ1) is 16.5. The molecule has 4 nitrogen and oxygen atoms in total. The zero-order valence-corrected chi connectivity index (χ0v) is 16.2. The van der Waals surface area contributed by atoms with Crippen molar-refractivity contribution >= 4 is 21.6 Å². The maximum atomic E-state index is 6.26. The summed E-state index contributed by atoms with van der Waals surface area (Å²) in [5.74, 6) is 2.16. The average Bonchev–Trinajstić information content (AvgIpc) is 3.06. The van der Waals surface area contributed by atoms with Crippen LogP contribution in [-0.2, 0) is 0 Å². The van der Waals surface area contributed by atoms with Crippen LogP contribution in [0, 0.1) is 5.92 Å². The van der Waals surface area contributed by atoms with Crippen LogP contribution in [0.4, 0.5) is 0 Å². The van der Waals surface area contributed by atoms with Gasteiger partial charge in [-0.25, -0.2) is 5.01 Å². The molecule has 2 aromatic carbocycles. The molecular weight excluding hydrogens is 380 g/mol. The minimum Gasteiger partial charge on any atom is -0.497 e. The zero-order valence-electron chi connectivity index (χ0n) is 14.6. The Morgan fingerprint density at radius 3 is 2.84 bits per heavy atom. The van der Waals surface area contributed by atoms with Crippen molar-refractivity contribution in [2.45, 2.75) is 32.5 Å². The van der Waals surface area contributed by atoms with Crippen LogP contribution in [0.1, 0.15) is 37.4 Å². The van der Waals surface area contributed by atoms with Crippen molar-refractivity contribution in [1.82, 2.24) is 5.01 Å². The second-order valence-electron chi connectivity index (χ2n) is 6.81. The molecule has 2 atom stereocenters. The van der Waals surface area contributed by atoms with E-state index in [2.05, 4.69) is 53.0 Å². The summed E-state index contributed by atoms with van der Waals surface area (Å²) in [5.41, 5.74) is 3.37. The Kier molecular flexibility index (Phi) is 4.20. The predicted octanol–water partition coefficient (Wildman–Crippen LogP) is 4.98. The molecule has 4 rings (SSSR count). The van der Waals surface area contributed by atoms with Gasteiger partial charge >= 0.3 is 0 Å². The number of fused-ring (bicyclic) bond motifs is 3. The Balaban J connectivity index is 1.75. The van der Waals surface area contributed by atoms with E-state index in [-0.39, 0.29) is 12.3 Å². The maximum absolute atomic E-state index is 6.26.